The average Bonchev–Trinajstić information content (AvgIpc) is 3.44. The number of hydrogen-bond donors (Lipinski definition) is 1. The molecule has 3 amide bonds. The molecule has 1 saturated carbocycles. The second-order valence-electron chi connectivity index (χ2n) is 7.93. The maximum absolute atomic E-state index is 12.7. The molecular weight excluding hydrogens is 370 g/mol. The summed E-state index contributed by atoms with van der Waals surface area (Å²) in [6.45, 7) is 4.02. The minimum Gasteiger partial charge on any atom is -0.354 e. The van der Waals surface area contributed by atoms with Crippen molar-refractivity contribution in [2.45, 2.75) is 38.0 Å². The normalized spacial score (nSPS) is 18.7. The molecule has 1 aromatic carbocycles. The van der Waals surface area contributed by atoms with E-state index in [0.29, 0.717) is 19.6 Å². The van der Waals surface area contributed by atoms with Crippen molar-refractivity contribution in [3.05, 3.63) is 52.2 Å². The van der Waals surface area contributed by atoms with E-state index in [1.807, 2.05) is 31.2 Å². The number of nitrogens with zero attached hydrogens (tertiary/aromatic N) is 2. The van der Waals surface area contributed by atoms with E-state index < -0.39 is 0 Å². The van der Waals surface area contributed by atoms with Gasteiger partial charge in [-0.15, -0.1) is 11.3 Å². The van der Waals surface area contributed by atoms with E-state index in [1.54, 1.807) is 21.1 Å². The zero-order chi connectivity index (χ0) is 19.6. The van der Waals surface area contributed by atoms with Crippen molar-refractivity contribution < 1.29 is 9.59 Å². The molecule has 1 aromatic heterocycles. The Morgan fingerprint density at radius 3 is 2.57 bits per heavy atom. The molecule has 1 saturated heterocycles. The standard InChI is InChI=1S/C22H27N3O2S/c1-17-6-8-18(9-7-17)25-13-12-24(21(25)27)15-20(26)23-16-22(10-2-3-11-22)19-5-4-14-28-19/h4-9,14H,2-3,10-13,15-16H2,1H3,(H,23,26). The van der Waals surface area contributed by atoms with Gasteiger partial charge in [0.15, 0.2) is 0 Å². The Morgan fingerprint density at radius 1 is 1.14 bits per heavy atom. The van der Waals surface area contributed by atoms with Crippen molar-refractivity contribution in [2.24, 2.45) is 0 Å². The smallest absolute Gasteiger partial charge is 0.325 e. The zero-order valence-electron chi connectivity index (χ0n) is 16.3. The SMILES string of the molecule is Cc1ccc(N2CCN(CC(=O)NCC3(c4cccs4)CCCC3)C2=O)cc1. The monoisotopic (exact) mass is 397 g/mol. The first-order valence-corrected chi connectivity index (χ1v) is 10.9. The maximum Gasteiger partial charge on any atom is 0.325 e. The number of carbonyl (C=O) groups excluding carboxylic acids is 2. The van der Waals surface area contributed by atoms with Crippen LogP contribution in [0.15, 0.2) is 41.8 Å². The molecule has 1 aliphatic heterocycles. The molecule has 6 heteroatoms. The molecule has 2 aliphatic rings. The average molecular weight is 398 g/mol. The van der Waals surface area contributed by atoms with E-state index in [4.69, 9.17) is 0 Å². The molecule has 0 spiro atoms. The number of urea groups is 1. The summed E-state index contributed by atoms with van der Waals surface area (Å²) in [5.41, 5.74) is 2.13. The first-order valence-electron chi connectivity index (χ1n) is 10.0. The van der Waals surface area contributed by atoms with Crippen LogP contribution in [0.5, 0.6) is 0 Å². The van der Waals surface area contributed by atoms with Crippen LogP contribution in [0.25, 0.3) is 0 Å². The van der Waals surface area contributed by atoms with E-state index in [2.05, 4.69) is 22.8 Å². The van der Waals surface area contributed by atoms with Gasteiger partial charge in [-0.3, -0.25) is 9.69 Å². The Morgan fingerprint density at radius 2 is 1.89 bits per heavy atom. The van der Waals surface area contributed by atoms with Crippen LogP contribution in [0.1, 0.15) is 36.1 Å². The molecule has 2 aromatic rings. The van der Waals surface area contributed by atoms with Crippen LogP contribution in [0.3, 0.4) is 0 Å². The van der Waals surface area contributed by atoms with E-state index in [1.165, 1.54) is 23.3 Å². The molecule has 0 unspecified atom stereocenters. The third-order valence-electron chi connectivity index (χ3n) is 6.00. The molecule has 2 fully saturated rings. The van der Waals surface area contributed by atoms with Crippen LogP contribution in [-0.4, -0.2) is 43.0 Å². The lowest BCUT2D eigenvalue weighted by Crippen LogP contribution is -2.44. The fourth-order valence-electron chi connectivity index (χ4n) is 4.33. The Balaban J connectivity index is 1.34. The van der Waals surface area contributed by atoms with Gasteiger partial charge in [-0.1, -0.05) is 36.6 Å². The number of thiophene rings is 1. The molecule has 2 heterocycles. The first-order chi connectivity index (χ1) is 13.6. The van der Waals surface area contributed by atoms with Gasteiger partial charge in [-0.2, -0.15) is 0 Å². The van der Waals surface area contributed by atoms with Gasteiger partial charge in [0.1, 0.15) is 6.54 Å². The van der Waals surface area contributed by atoms with Crippen molar-refractivity contribution >= 4 is 29.0 Å². The van der Waals surface area contributed by atoms with Crippen LogP contribution in [0.4, 0.5) is 10.5 Å². The quantitative estimate of drug-likeness (QED) is 0.803. The van der Waals surface area contributed by atoms with Gasteiger partial charge in [0.2, 0.25) is 5.91 Å². The van der Waals surface area contributed by atoms with Crippen molar-refractivity contribution in [2.75, 3.05) is 31.1 Å². The van der Waals surface area contributed by atoms with Crippen molar-refractivity contribution in [3.8, 4) is 0 Å². The molecule has 148 valence electrons. The summed E-state index contributed by atoms with van der Waals surface area (Å²) >= 11 is 1.78. The Labute approximate surface area is 170 Å². The van der Waals surface area contributed by atoms with Gasteiger partial charge < -0.3 is 10.2 Å². The Hall–Kier alpha value is -2.34. The molecule has 0 radical (unpaired) electrons. The lowest BCUT2D eigenvalue weighted by Gasteiger charge is -2.28. The Bertz CT molecular complexity index is 826. The van der Waals surface area contributed by atoms with Gasteiger partial charge in [0, 0.05) is 35.6 Å². The summed E-state index contributed by atoms with van der Waals surface area (Å²) in [4.78, 5) is 30.0. The van der Waals surface area contributed by atoms with E-state index >= 15 is 0 Å². The van der Waals surface area contributed by atoms with Crippen LogP contribution >= 0.6 is 11.3 Å². The van der Waals surface area contributed by atoms with E-state index in [-0.39, 0.29) is 23.9 Å². The second kappa shape index (κ2) is 7.95. The summed E-state index contributed by atoms with van der Waals surface area (Å²) in [7, 11) is 0. The summed E-state index contributed by atoms with van der Waals surface area (Å²) in [5.74, 6) is -0.0677. The van der Waals surface area contributed by atoms with Gasteiger partial charge in [0.05, 0.1) is 0 Å². The van der Waals surface area contributed by atoms with Gasteiger partial charge in [-0.05, 0) is 43.3 Å². The molecular formula is C22H27N3O2S. The number of rotatable bonds is 6. The number of carbonyl (C=O) groups is 2. The number of hydrogen-bond acceptors (Lipinski definition) is 3. The summed E-state index contributed by atoms with van der Waals surface area (Å²) in [6.07, 6.45) is 4.67. The first kappa shape index (κ1) is 19.0. The van der Waals surface area contributed by atoms with Crippen LogP contribution < -0.4 is 10.2 Å². The summed E-state index contributed by atoms with van der Waals surface area (Å²) in [5, 5.41) is 5.23. The second-order valence-corrected chi connectivity index (χ2v) is 8.88. The highest BCUT2D eigenvalue weighted by Gasteiger charge is 2.37. The highest BCUT2D eigenvalue weighted by atomic mass is 32.1. The highest BCUT2D eigenvalue weighted by Crippen LogP contribution is 2.42. The molecule has 1 aliphatic carbocycles. The van der Waals surface area contributed by atoms with Crippen LogP contribution in [0, 0.1) is 6.92 Å². The predicted molar refractivity (Wildman–Crippen MR) is 113 cm³/mol. The largest absolute Gasteiger partial charge is 0.354 e. The van der Waals surface area contributed by atoms with Crippen LogP contribution in [0.2, 0.25) is 0 Å². The number of aryl methyl sites for hydroxylation is 1. The van der Waals surface area contributed by atoms with Crippen molar-refractivity contribution in [1.82, 2.24) is 10.2 Å². The topological polar surface area (TPSA) is 52.6 Å². The van der Waals surface area contributed by atoms with Crippen molar-refractivity contribution in [1.29, 1.82) is 0 Å². The molecule has 0 atom stereocenters. The third-order valence-corrected chi connectivity index (χ3v) is 7.12. The summed E-state index contributed by atoms with van der Waals surface area (Å²) in [6, 6.07) is 12.1. The maximum atomic E-state index is 12.7. The minimum absolute atomic E-state index is 0.0677. The Kier molecular flexibility index (Phi) is 5.40. The van der Waals surface area contributed by atoms with Gasteiger partial charge in [-0.25, -0.2) is 4.79 Å². The van der Waals surface area contributed by atoms with Gasteiger partial charge >= 0.3 is 6.03 Å². The predicted octanol–water partition coefficient (Wildman–Crippen LogP) is 3.93. The zero-order valence-corrected chi connectivity index (χ0v) is 17.1. The van der Waals surface area contributed by atoms with Crippen LogP contribution in [-0.2, 0) is 10.2 Å². The minimum atomic E-state index is -0.0900. The molecule has 0 bridgehead atoms. The molecule has 5 nitrogen and oxygen atoms in total. The third kappa shape index (κ3) is 3.78. The van der Waals surface area contributed by atoms with E-state index in [0.717, 1.165) is 18.5 Å². The molecule has 1 N–H and O–H groups in total. The number of amides is 3. The fourth-order valence-corrected chi connectivity index (χ4v) is 5.32. The summed E-state index contributed by atoms with van der Waals surface area (Å²) < 4.78 is 0. The fraction of sp³-hybridized carbons (Fsp3) is 0.455. The number of nitrogens with one attached hydrogen (secondary N) is 1. The number of benzene rings is 1. The molecule has 28 heavy (non-hydrogen) atoms. The number of anilines is 1. The lowest BCUT2D eigenvalue weighted by molar-refractivity contribution is -0.121. The van der Waals surface area contributed by atoms with E-state index in [9.17, 15) is 9.59 Å². The van der Waals surface area contributed by atoms with Crippen molar-refractivity contribution in [3.63, 3.8) is 0 Å². The lowest BCUT2D eigenvalue weighted by atomic mass is 9.84. The molecule has 4 rings (SSSR count). The van der Waals surface area contributed by atoms with Gasteiger partial charge in [0.25, 0.3) is 0 Å². The highest BCUT2D eigenvalue weighted by molar-refractivity contribution is 7.10.